The Balaban J connectivity index is 2.87. The molecule has 1 N–H and O–H groups in total. The van der Waals surface area contributed by atoms with Crippen LogP contribution in [0.1, 0.15) is 12.0 Å². The molecule has 5 nitrogen and oxygen atoms in total. The van der Waals surface area contributed by atoms with Crippen LogP contribution in [0, 0.1) is 15.9 Å². The molecule has 1 rings (SSSR count). The smallest absolute Gasteiger partial charge is 0.305 e. The molecule has 1 aromatic rings. The maximum absolute atomic E-state index is 12.9. The molecule has 6 heteroatoms. The van der Waals surface area contributed by atoms with E-state index in [2.05, 4.69) is 0 Å². The summed E-state index contributed by atoms with van der Waals surface area (Å²) in [5.41, 5.74) is -0.191. The Kier molecular flexibility index (Phi) is 3.33. The molecule has 0 bridgehead atoms. The molecule has 0 aliphatic heterocycles. The van der Waals surface area contributed by atoms with E-state index in [1.54, 1.807) is 0 Å². The van der Waals surface area contributed by atoms with Gasteiger partial charge in [-0.15, -0.1) is 0 Å². The third-order valence-electron chi connectivity index (χ3n) is 1.83. The molecule has 0 heterocycles. The van der Waals surface area contributed by atoms with Crippen LogP contribution in [0.5, 0.6) is 0 Å². The van der Waals surface area contributed by atoms with E-state index in [0.29, 0.717) is 5.56 Å². The number of nitro benzene ring substituents is 1. The van der Waals surface area contributed by atoms with Crippen molar-refractivity contribution < 1.29 is 19.2 Å². The van der Waals surface area contributed by atoms with Gasteiger partial charge in [-0.3, -0.25) is 14.9 Å². The second kappa shape index (κ2) is 4.50. The Hall–Kier alpha value is -1.98. The fraction of sp³-hybridized carbons (Fsp3) is 0.222. The van der Waals surface area contributed by atoms with Crippen molar-refractivity contribution in [3.63, 3.8) is 0 Å². The molecule has 0 unspecified atom stereocenters. The van der Waals surface area contributed by atoms with Gasteiger partial charge in [0.1, 0.15) is 0 Å². The number of hydrogen-bond acceptors (Lipinski definition) is 3. The Morgan fingerprint density at radius 2 is 2.20 bits per heavy atom. The lowest BCUT2D eigenvalue weighted by Crippen LogP contribution is -1.99. The summed E-state index contributed by atoms with van der Waals surface area (Å²) in [6, 6.07) is 3.36. The van der Waals surface area contributed by atoms with Crippen LogP contribution >= 0.6 is 0 Å². The van der Waals surface area contributed by atoms with Crippen molar-refractivity contribution in [1.82, 2.24) is 0 Å². The minimum absolute atomic E-state index is 0.136. The molecular formula is C9H8FNO4. The number of hydrogen-bond donors (Lipinski definition) is 1. The lowest BCUT2D eigenvalue weighted by atomic mass is 10.1. The summed E-state index contributed by atoms with van der Waals surface area (Å²) in [4.78, 5) is 19.8. The number of nitro groups is 1. The molecule has 0 spiro atoms. The van der Waals surface area contributed by atoms with Gasteiger partial charge in [-0.1, -0.05) is 6.07 Å². The lowest BCUT2D eigenvalue weighted by Gasteiger charge is -1.99. The van der Waals surface area contributed by atoms with Gasteiger partial charge in [-0.25, -0.2) is 0 Å². The van der Waals surface area contributed by atoms with Crippen molar-refractivity contribution in [2.45, 2.75) is 12.8 Å². The number of carboxylic acids is 1. The number of aliphatic carboxylic acids is 1. The zero-order valence-electron chi connectivity index (χ0n) is 7.64. The predicted molar refractivity (Wildman–Crippen MR) is 49.0 cm³/mol. The van der Waals surface area contributed by atoms with Crippen LogP contribution in [-0.4, -0.2) is 16.0 Å². The van der Waals surface area contributed by atoms with Crippen LogP contribution in [0.4, 0.5) is 10.1 Å². The largest absolute Gasteiger partial charge is 0.481 e. The van der Waals surface area contributed by atoms with Crippen molar-refractivity contribution in [2.24, 2.45) is 0 Å². The summed E-state index contributed by atoms with van der Waals surface area (Å²) in [5.74, 6) is -1.92. The van der Waals surface area contributed by atoms with Gasteiger partial charge in [-0.05, 0) is 18.1 Å². The third kappa shape index (κ3) is 3.01. The highest BCUT2D eigenvalue weighted by Crippen LogP contribution is 2.19. The van der Waals surface area contributed by atoms with Crippen molar-refractivity contribution in [3.8, 4) is 0 Å². The van der Waals surface area contributed by atoms with Crippen molar-refractivity contribution >= 4 is 11.7 Å². The van der Waals surface area contributed by atoms with Gasteiger partial charge in [0.05, 0.1) is 4.92 Å². The number of carbonyl (C=O) groups is 1. The van der Waals surface area contributed by atoms with Gasteiger partial charge in [0.15, 0.2) is 0 Å². The predicted octanol–water partition coefficient (Wildman–Crippen LogP) is 1.75. The van der Waals surface area contributed by atoms with E-state index in [9.17, 15) is 19.3 Å². The molecule has 1 aromatic carbocycles. The molecule has 0 aliphatic carbocycles. The highest BCUT2D eigenvalue weighted by atomic mass is 19.1. The summed E-state index contributed by atoms with van der Waals surface area (Å²) in [5, 5.41) is 18.8. The first-order valence-corrected chi connectivity index (χ1v) is 4.15. The number of nitrogens with zero attached hydrogens (tertiary/aromatic N) is 1. The van der Waals surface area contributed by atoms with E-state index in [4.69, 9.17) is 5.11 Å². The fourth-order valence-corrected chi connectivity index (χ4v) is 1.10. The number of benzene rings is 1. The van der Waals surface area contributed by atoms with Crippen LogP contribution in [0.25, 0.3) is 0 Å². The molecule has 80 valence electrons. The molecule has 0 aliphatic rings. The summed E-state index contributed by atoms with van der Waals surface area (Å²) in [7, 11) is 0. The Labute approximate surface area is 84.3 Å². The number of rotatable bonds is 4. The number of halogens is 1. The zero-order chi connectivity index (χ0) is 11.4. The maximum Gasteiger partial charge on any atom is 0.305 e. The second-order valence-corrected chi connectivity index (χ2v) is 2.94. The van der Waals surface area contributed by atoms with Crippen LogP contribution in [0.15, 0.2) is 18.2 Å². The maximum atomic E-state index is 12.9. The van der Waals surface area contributed by atoms with Crippen molar-refractivity contribution in [3.05, 3.63) is 39.7 Å². The van der Waals surface area contributed by atoms with Crippen LogP contribution in [-0.2, 0) is 11.2 Å². The first kappa shape index (κ1) is 11.1. The highest BCUT2D eigenvalue weighted by Gasteiger charge is 2.14. The standard InChI is InChI=1S/C9H8FNO4/c10-7-3-1-6(2-4-9(12)13)5-8(7)11(14)15/h1,3,5H,2,4H2,(H,12,13). The molecule has 0 fully saturated rings. The first-order chi connectivity index (χ1) is 7.00. The average Bonchev–Trinajstić information content (AvgIpc) is 2.16. The van der Waals surface area contributed by atoms with Crippen LogP contribution in [0.3, 0.4) is 0 Å². The van der Waals surface area contributed by atoms with E-state index in [0.717, 1.165) is 12.1 Å². The lowest BCUT2D eigenvalue weighted by molar-refractivity contribution is -0.387. The van der Waals surface area contributed by atoms with E-state index in [-0.39, 0.29) is 12.8 Å². The summed E-state index contributed by atoms with van der Waals surface area (Å²) < 4.78 is 12.9. The van der Waals surface area contributed by atoms with E-state index >= 15 is 0 Å². The van der Waals surface area contributed by atoms with Gasteiger partial charge in [0.2, 0.25) is 5.82 Å². The Morgan fingerprint density at radius 1 is 1.53 bits per heavy atom. The molecule has 0 atom stereocenters. The Morgan fingerprint density at radius 3 is 2.73 bits per heavy atom. The highest BCUT2D eigenvalue weighted by molar-refractivity contribution is 5.67. The van der Waals surface area contributed by atoms with Gasteiger partial charge in [-0.2, -0.15) is 4.39 Å². The summed E-state index contributed by atoms with van der Waals surface area (Å²) >= 11 is 0. The number of aryl methyl sites for hydroxylation is 1. The van der Waals surface area contributed by atoms with Gasteiger partial charge in [0.25, 0.3) is 0 Å². The van der Waals surface area contributed by atoms with Crippen molar-refractivity contribution in [2.75, 3.05) is 0 Å². The summed E-state index contributed by atoms with van der Waals surface area (Å²) in [6.07, 6.45) is 0.0131. The fourth-order valence-electron chi connectivity index (χ4n) is 1.10. The average molecular weight is 213 g/mol. The molecule has 0 radical (unpaired) electrons. The monoisotopic (exact) mass is 213 g/mol. The van der Waals surface area contributed by atoms with Gasteiger partial charge in [0, 0.05) is 12.5 Å². The number of carboxylic acid groups (broad SMARTS) is 1. The minimum atomic E-state index is -0.998. The quantitative estimate of drug-likeness (QED) is 0.610. The van der Waals surface area contributed by atoms with Crippen LogP contribution < -0.4 is 0 Å². The SMILES string of the molecule is O=C(O)CCc1ccc(F)c([N+](=O)[O-])c1. The molecule has 15 heavy (non-hydrogen) atoms. The van der Waals surface area contributed by atoms with E-state index in [1.165, 1.54) is 6.07 Å². The third-order valence-corrected chi connectivity index (χ3v) is 1.83. The molecular weight excluding hydrogens is 205 g/mol. The van der Waals surface area contributed by atoms with Gasteiger partial charge < -0.3 is 5.11 Å². The second-order valence-electron chi connectivity index (χ2n) is 2.94. The molecule has 0 saturated heterocycles. The Bertz CT molecular complexity index is 405. The van der Waals surface area contributed by atoms with Gasteiger partial charge >= 0.3 is 11.7 Å². The van der Waals surface area contributed by atoms with E-state index in [1.807, 2.05) is 0 Å². The topological polar surface area (TPSA) is 80.4 Å². The first-order valence-electron chi connectivity index (χ1n) is 4.15. The molecule has 0 amide bonds. The van der Waals surface area contributed by atoms with Crippen molar-refractivity contribution in [1.29, 1.82) is 0 Å². The van der Waals surface area contributed by atoms with E-state index < -0.39 is 22.4 Å². The minimum Gasteiger partial charge on any atom is -0.481 e. The molecule has 0 aromatic heterocycles. The molecule has 0 saturated carbocycles. The van der Waals surface area contributed by atoms with Crippen LogP contribution in [0.2, 0.25) is 0 Å². The normalized spacial score (nSPS) is 9.93. The summed E-state index contributed by atoms with van der Waals surface area (Å²) in [6.45, 7) is 0. The zero-order valence-corrected chi connectivity index (χ0v) is 7.64.